The van der Waals surface area contributed by atoms with Crippen LogP contribution < -0.4 is 10.2 Å². The van der Waals surface area contributed by atoms with Gasteiger partial charge in [-0.15, -0.1) is 0 Å². The number of methoxy groups -OCH3 is 1. The van der Waals surface area contributed by atoms with E-state index in [1.807, 2.05) is 18.2 Å². The van der Waals surface area contributed by atoms with Crippen LogP contribution in [0.5, 0.6) is 0 Å². The van der Waals surface area contributed by atoms with Gasteiger partial charge in [0, 0.05) is 37.3 Å². The number of piperidine rings is 1. The number of ether oxygens (including phenoxy) is 2. The normalized spacial score (nSPS) is 14.0. The Hall–Kier alpha value is -2.80. The molecule has 1 saturated heterocycles. The molecule has 7 heteroatoms. The third-order valence-corrected chi connectivity index (χ3v) is 5.21. The predicted molar refractivity (Wildman–Crippen MR) is 113 cm³/mol. The van der Waals surface area contributed by atoms with Crippen LogP contribution in [0, 0.1) is 13.8 Å². The molecule has 1 aliphatic rings. The highest BCUT2D eigenvalue weighted by Crippen LogP contribution is 2.24. The van der Waals surface area contributed by atoms with Gasteiger partial charge in [-0.3, -0.25) is 4.79 Å². The summed E-state index contributed by atoms with van der Waals surface area (Å²) >= 11 is 0. The number of hydrogen-bond donors (Lipinski definition) is 2. The quantitative estimate of drug-likeness (QED) is 0.548. The molecule has 2 heterocycles. The van der Waals surface area contributed by atoms with Crippen molar-refractivity contribution < 1.29 is 19.1 Å². The third kappa shape index (κ3) is 4.98. The number of nitrogens with one attached hydrogen (secondary N) is 2. The lowest BCUT2D eigenvalue weighted by atomic mass is 10.1. The van der Waals surface area contributed by atoms with Crippen molar-refractivity contribution >= 4 is 23.3 Å². The Morgan fingerprint density at radius 2 is 1.90 bits per heavy atom. The Balaban J connectivity index is 1.73. The largest absolute Gasteiger partial charge is 0.460 e. The van der Waals surface area contributed by atoms with Crippen LogP contribution in [0.2, 0.25) is 0 Å². The molecule has 0 saturated carbocycles. The maximum absolute atomic E-state index is 12.8. The van der Waals surface area contributed by atoms with Gasteiger partial charge in [0.15, 0.2) is 0 Å². The lowest BCUT2D eigenvalue weighted by molar-refractivity contribution is 0.0387. The summed E-state index contributed by atoms with van der Waals surface area (Å²) in [7, 11) is 1.54. The van der Waals surface area contributed by atoms with Crippen LogP contribution in [-0.2, 0) is 9.47 Å². The number of aryl methyl sites for hydroxylation is 1. The number of aromatic nitrogens is 1. The molecule has 156 valence electrons. The van der Waals surface area contributed by atoms with Crippen LogP contribution in [0.4, 0.5) is 11.4 Å². The summed E-state index contributed by atoms with van der Waals surface area (Å²) in [6, 6.07) is 7.88. The van der Waals surface area contributed by atoms with E-state index >= 15 is 0 Å². The second-order valence-corrected chi connectivity index (χ2v) is 7.31. The molecule has 0 aliphatic carbocycles. The van der Waals surface area contributed by atoms with Crippen molar-refractivity contribution in [1.29, 1.82) is 0 Å². The molecule has 2 N–H and O–H groups in total. The molecule has 1 aromatic carbocycles. The summed E-state index contributed by atoms with van der Waals surface area (Å²) < 4.78 is 10.1. The van der Waals surface area contributed by atoms with Crippen molar-refractivity contribution in [3.05, 3.63) is 46.8 Å². The molecule has 1 fully saturated rings. The second kappa shape index (κ2) is 9.60. The van der Waals surface area contributed by atoms with Crippen molar-refractivity contribution in [3.8, 4) is 0 Å². The fraction of sp³-hybridized carbons (Fsp3) is 0.455. The number of carbonyl (C=O) groups excluding carboxylic acids is 2. The summed E-state index contributed by atoms with van der Waals surface area (Å²) in [5, 5.41) is 2.94. The first-order valence-corrected chi connectivity index (χ1v) is 10.0. The van der Waals surface area contributed by atoms with Crippen LogP contribution in [0.15, 0.2) is 24.3 Å². The molecule has 1 aromatic heterocycles. The zero-order valence-corrected chi connectivity index (χ0v) is 17.3. The van der Waals surface area contributed by atoms with E-state index in [1.165, 1.54) is 19.3 Å². The molecular weight excluding hydrogens is 370 g/mol. The molecule has 2 aromatic rings. The average Bonchev–Trinajstić information content (AvgIpc) is 3.03. The standard InChI is InChI=1S/C22H29N3O4/c1-15-19(22(27)29-13-12-28-3)16(2)23-20(15)21(26)24-17-8-7-9-18(14-17)25-10-5-4-6-11-25/h7-9,14,23H,4-6,10-13H2,1-3H3,(H,24,26). The number of H-pyrrole nitrogens is 1. The number of nitrogens with zero attached hydrogens (tertiary/aromatic N) is 1. The van der Waals surface area contributed by atoms with Gasteiger partial charge >= 0.3 is 5.97 Å². The lowest BCUT2D eigenvalue weighted by Gasteiger charge is -2.29. The molecule has 0 bridgehead atoms. The smallest absolute Gasteiger partial charge is 0.340 e. The van der Waals surface area contributed by atoms with Crippen LogP contribution >= 0.6 is 0 Å². The minimum Gasteiger partial charge on any atom is -0.460 e. The Morgan fingerprint density at radius 1 is 1.14 bits per heavy atom. The number of aromatic amines is 1. The van der Waals surface area contributed by atoms with E-state index in [2.05, 4.69) is 21.3 Å². The molecule has 0 atom stereocenters. The summed E-state index contributed by atoms with van der Waals surface area (Å²) in [5.74, 6) is -0.739. The van der Waals surface area contributed by atoms with E-state index in [-0.39, 0.29) is 12.5 Å². The molecule has 29 heavy (non-hydrogen) atoms. The Morgan fingerprint density at radius 3 is 2.62 bits per heavy atom. The summed E-state index contributed by atoms with van der Waals surface area (Å²) in [6.45, 7) is 6.09. The van der Waals surface area contributed by atoms with Gasteiger partial charge in [-0.05, 0) is 56.9 Å². The fourth-order valence-corrected chi connectivity index (χ4v) is 3.70. The number of benzene rings is 1. The molecule has 3 rings (SSSR count). The van der Waals surface area contributed by atoms with Gasteiger partial charge in [-0.25, -0.2) is 4.79 Å². The number of carbonyl (C=O) groups is 2. The minimum atomic E-state index is -0.459. The maximum Gasteiger partial charge on any atom is 0.340 e. The van der Waals surface area contributed by atoms with E-state index in [9.17, 15) is 9.59 Å². The first kappa shape index (κ1) is 20.9. The number of rotatable bonds is 7. The summed E-state index contributed by atoms with van der Waals surface area (Å²) in [5.41, 5.74) is 3.79. The molecular formula is C22H29N3O4. The van der Waals surface area contributed by atoms with Crippen molar-refractivity contribution in [2.75, 3.05) is 43.6 Å². The van der Waals surface area contributed by atoms with Gasteiger partial charge in [0.25, 0.3) is 5.91 Å². The van der Waals surface area contributed by atoms with Crippen molar-refractivity contribution in [2.45, 2.75) is 33.1 Å². The Bertz CT molecular complexity index is 869. The zero-order valence-electron chi connectivity index (χ0n) is 17.3. The van der Waals surface area contributed by atoms with Gasteiger partial charge < -0.3 is 24.7 Å². The van der Waals surface area contributed by atoms with Gasteiger partial charge in [0.05, 0.1) is 12.2 Å². The highest BCUT2D eigenvalue weighted by Gasteiger charge is 2.23. The van der Waals surface area contributed by atoms with Gasteiger partial charge in [0.2, 0.25) is 0 Å². The van der Waals surface area contributed by atoms with Crippen molar-refractivity contribution in [1.82, 2.24) is 4.98 Å². The fourth-order valence-electron chi connectivity index (χ4n) is 3.70. The van der Waals surface area contributed by atoms with Crippen LogP contribution in [-0.4, -0.2) is 50.3 Å². The predicted octanol–water partition coefficient (Wildman–Crippen LogP) is 3.68. The molecule has 0 unspecified atom stereocenters. The minimum absolute atomic E-state index is 0.171. The molecule has 1 amide bonds. The van der Waals surface area contributed by atoms with Gasteiger partial charge in [-0.2, -0.15) is 0 Å². The van der Waals surface area contributed by atoms with E-state index in [0.29, 0.717) is 29.1 Å². The maximum atomic E-state index is 12.8. The van der Waals surface area contributed by atoms with Gasteiger partial charge in [0.1, 0.15) is 12.3 Å². The Labute approximate surface area is 171 Å². The van der Waals surface area contributed by atoms with E-state index < -0.39 is 5.97 Å². The first-order chi connectivity index (χ1) is 14.0. The third-order valence-electron chi connectivity index (χ3n) is 5.21. The van der Waals surface area contributed by atoms with Crippen LogP contribution in [0.25, 0.3) is 0 Å². The number of anilines is 2. The lowest BCUT2D eigenvalue weighted by Crippen LogP contribution is -2.29. The van der Waals surface area contributed by atoms with Crippen molar-refractivity contribution in [2.24, 2.45) is 0 Å². The molecule has 0 spiro atoms. The van der Waals surface area contributed by atoms with E-state index in [0.717, 1.165) is 24.5 Å². The second-order valence-electron chi connectivity index (χ2n) is 7.31. The molecule has 7 nitrogen and oxygen atoms in total. The molecule has 0 radical (unpaired) electrons. The zero-order chi connectivity index (χ0) is 20.8. The summed E-state index contributed by atoms with van der Waals surface area (Å²) in [6.07, 6.45) is 3.66. The number of esters is 1. The highest BCUT2D eigenvalue weighted by molar-refractivity contribution is 6.07. The Kier molecular flexibility index (Phi) is 6.93. The number of amides is 1. The van der Waals surface area contributed by atoms with Gasteiger partial charge in [-0.1, -0.05) is 6.07 Å². The number of hydrogen-bond acceptors (Lipinski definition) is 5. The van der Waals surface area contributed by atoms with Crippen LogP contribution in [0.1, 0.15) is 51.4 Å². The summed E-state index contributed by atoms with van der Waals surface area (Å²) in [4.78, 5) is 30.6. The monoisotopic (exact) mass is 399 g/mol. The van der Waals surface area contributed by atoms with E-state index in [1.54, 1.807) is 21.0 Å². The van der Waals surface area contributed by atoms with Crippen LogP contribution in [0.3, 0.4) is 0 Å². The molecule has 1 aliphatic heterocycles. The first-order valence-electron chi connectivity index (χ1n) is 10.0. The SMILES string of the molecule is COCCOC(=O)c1c(C)[nH]c(C(=O)Nc2cccc(N3CCCCC3)c2)c1C. The average molecular weight is 399 g/mol. The van der Waals surface area contributed by atoms with E-state index in [4.69, 9.17) is 9.47 Å². The topological polar surface area (TPSA) is 83.7 Å². The van der Waals surface area contributed by atoms with Crippen molar-refractivity contribution in [3.63, 3.8) is 0 Å². The highest BCUT2D eigenvalue weighted by atomic mass is 16.6.